The van der Waals surface area contributed by atoms with Crippen molar-refractivity contribution in [2.75, 3.05) is 13.1 Å². The molecule has 5 nitrogen and oxygen atoms in total. The number of halogens is 1. The summed E-state index contributed by atoms with van der Waals surface area (Å²) in [6.07, 6.45) is 7.38. The molecule has 1 aromatic carbocycles. The first-order valence-electron chi connectivity index (χ1n) is 9.10. The molecule has 0 atom stereocenters. The van der Waals surface area contributed by atoms with E-state index in [1.165, 1.54) is 25.0 Å². The predicted octanol–water partition coefficient (Wildman–Crippen LogP) is 2.92. The molecule has 1 aromatic heterocycles. The van der Waals surface area contributed by atoms with Crippen LogP contribution in [-0.2, 0) is 13.0 Å². The molecule has 1 saturated carbocycles. The lowest BCUT2D eigenvalue weighted by atomic mass is 9.93. The van der Waals surface area contributed by atoms with E-state index in [9.17, 15) is 9.18 Å². The SMILES string of the molecule is O=C(c1ccc(F)cc1)N1CCC(Cc2nncn2CC2CC2)CC1. The van der Waals surface area contributed by atoms with Crippen LogP contribution in [0.25, 0.3) is 0 Å². The zero-order chi connectivity index (χ0) is 17.2. The molecule has 0 N–H and O–H groups in total. The van der Waals surface area contributed by atoms with Crippen LogP contribution < -0.4 is 0 Å². The van der Waals surface area contributed by atoms with E-state index >= 15 is 0 Å². The maximum Gasteiger partial charge on any atom is 0.253 e. The monoisotopic (exact) mass is 342 g/mol. The minimum Gasteiger partial charge on any atom is -0.339 e. The van der Waals surface area contributed by atoms with Crippen LogP contribution in [0.2, 0.25) is 0 Å². The predicted molar refractivity (Wildman–Crippen MR) is 91.5 cm³/mol. The number of piperidine rings is 1. The second-order valence-corrected chi connectivity index (χ2v) is 7.29. The van der Waals surface area contributed by atoms with Crippen LogP contribution in [0.1, 0.15) is 41.9 Å². The molecule has 2 aromatic rings. The van der Waals surface area contributed by atoms with Crippen molar-refractivity contribution in [2.45, 2.75) is 38.6 Å². The van der Waals surface area contributed by atoms with Crippen LogP contribution in [0, 0.1) is 17.7 Å². The molecule has 25 heavy (non-hydrogen) atoms. The summed E-state index contributed by atoms with van der Waals surface area (Å²) in [5.74, 6) is 2.11. The van der Waals surface area contributed by atoms with Crippen LogP contribution in [0.5, 0.6) is 0 Å². The van der Waals surface area contributed by atoms with Crippen molar-refractivity contribution in [1.82, 2.24) is 19.7 Å². The van der Waals surface area contributed by atoms with Gasteiger partial charge in [0.05, 0.1) is 0 Å². The van der Waals surface area contributed by atoms with Gasteiger partial charge in [0, 0.05) is 31.6 Å². The van der Waals surface area contributed by atoms with Gasteiger partial charge in [-0.1, -0.05) is 0 Å². The molecule has 0 bridgehead atoms. The molecule has 2 heterocycles. The molecule has 0 radical (unpaired) electrons. The third-order valence-corrected chi connectivity index (χ3v) is 5.31. The number of benzene rings is 1. The van der Waals surface area contributed by atoms with Crippen molar-refractivity contribution >= 4 is 5.91 Å². The Kier molecular flexibility index (Phi) is 4.51. The summed E-state index contributed by atoms with van der Waals surface area (Å²) in [5.41, 5.74) is 0.559. The molecule has 2 fully saturated rings. The summed E-state index contributed by atoms with van der Waals surface area (Å²) in [5, 5.41) is 8.37. The van der Waals surface area contributed by atoms with Gasteiger partial charge in [0.2, 0.25) is 0 Å². The van der Waals surface area contributed by atoms with E-state index in [-0.39, 0.29) is 11.7 Å². The van der Waals surface area contributed by atoms with E-state index in [4.69, 9.17) is 0 Å². The van der Waals surface area contributed by atoms with E-state index in [0.717, 1.165) is 50.6 Å². The molecule has 1 aliphatic heterocycles. The highest BCUT2D eigenvalue weighted by Crippen LogP contribution is 2.31. The number of hydrogen-bond acceptors (Lipinski definition) is 3. The molecule has 1 saturated heterocycles. The van der Waals surface area contributed by atoms with Crippen molar-refractivity contribution in [3.63, 3.8) is 0 Å². The first kappa shape index (κ1) is 16.2. The van der Waals surface area contributed by atoms with E-state index < -0.39 is 0 Å². The van der Waals surface area contributed by atoms with Crippen molar-refractivity contribution in [3.8, 4) is 0 Å². The number of rotatable bonds is 5. The minimum absolute atomic E-state index is 0.00431. The van der Waals surface area contributed by atoms with Crippen LogP contribution in [0.3, 0.4) is 0 Å². The summed E-state index contributed by atoms with van der Waals surface area (Å²) >= 11 is 0. The van der Waals surface area contributed by atoms with Crippen molar-refractivity contribution in [2.24, 2.45) is 11.8 Å². The average molecular weight is 342 g/mol. The molecule has 2 aliphatic rings. The largest absolute Gasteiger partial charge is 0.339 e. The molecule has 132 valence electrons. The Hall–Kier alpha value is -2.24. The van der Waals surface area contributed by atoms with Crippen molar-refractivity contribution in [3.05, 3.63) is 47.8 Å². The van der Waals surface area contributed by atoms with E-state index in [1.54, 1.807) is 12.1 Å². The first-order valence-corrected chi connectivity index (χ1v) is 9.10. The summed E-state index contributed by atoms with van der Waals surface area (Å²) in [4.78, 5) is 14.4. The average Bonchev–Trinajstić information content (AvgIpc) is 3.35. The minimum atomic E-state index is -0.314. The number of carbonyl (C=O) groups excluding carboxylic acids is 1. The molecule has 6 heteroatoms. The number of nitrogens with zero attached hydrogens (tertiary/aromatic N) is 4. The lowest BCUT2D eigenvalue weighted by Crippen LogP contribution is -2.39. The quantitative estimate of drug-likeness (QED) is 0.839. The van der Waals surface area contributed by atoms with Gasteiger partial charge >= 0.3 is 0 Å². The second kappa shape index (κ2) is 6.94. The maximum absolute atomic E-state index is 13.0. The summed E-state index contributed by atoms with van der Waals surface area (Å²) in [6, 6.07) is 5.80. The van der Waals surface area contributed by atoms with E-state index in [2.05, 4.69) is 14.8 Å². The summed E-state index contributed by atoms with van der Waals surface area (Å²) in [6.45, 7) is 2.54. The van der Waals surface area contributed by atoms with Gasteiger partial charge in [-0.05, 0) is 61.8 Å². The van der Waals surface area contributed by atoms with Crippen molar-refractivity contribution in [1.29, 1.82) is 0 Å². The normalized spacial score (nSPS) is 18.5. The highest BCUT2D eigenvalue weighted by molar-refractivity contribution is 5.94. The maximum atomic E-state index is 13.0. The fraction of sp³-hybridized carbons (Fsp3) is 0.526. The van der Waals surface area contributed by atoms with Gasteiger partial charge in [0.1, 0.15) is 18.0 Å². The number of carbonyl (C=O) groups is 1. The van der Waals surface area contributed by atoms with Gasteiger partial charge in [-0.2, -0.15) is 0 Å². The topological polar surface area (TPSA) is 51.0 Å². The van der Waals surface area contributed by atoms with E-state index in [1.807, 2.05) is 11.2 Å². The molecule has 1 aliphatic carbocycles. The Bertz CT molecular complexity index is 730. The summed E-state index contributed by atoms with van der Waals surface area (Å²) in [7, 11) is 0. The van der Waals surface area contributed by atoms with Gasteiger partial charge in [-0.3, -0.25) is 4.79 Å². The van der Waals surface area contributed by atoms with Crippen LogP contribution in [0.4, 0.5) is 4.39 Å². The second-order valence-electron chi connectivity index (χ2n) is 7.29. The number of likely N-dealkylation sites (tertiary alicyclic amines) is 1. The molecule has 4 rings (SSSR count). The van der Waals surface area contributed by atoms with Gasteiger partial charge in [0.15, 0.2) is 0 Å². The zero-order valence-corrected chi connectivity index (χ0v) is 14.3. The van der Waals surface area contributed by atoms with Crippen LogP contribution in [0.15, 0.2) is 30.6 Å². The molecule has 0 spiro atoms. The number of aromatic nitrogens is 3. The highest BCUT2D eigenvalue weighted by Gasteiger charge is 2.26. The zero-order valence-electron chi connectivity index (χ0n) is 14.3. The van der Waals surface area contributed by atoms with Gasteiger partial charge in [-0.25, -0.2) is 4.39 Å². The van der Waals surface area contributed by atoms with Gasteiger partial charge < -0.3 is 9.47 Å². The number of amides is 1. The lowest BCUT2D eigenvalue weighted by molar-refractivity contribution is 0.0689. The Morgan fingerprint density at radius 3 is 2.48 bits per heavy atom. The lowest BCUT2D eigenvalue weighted by Gasteiger charge is -2.32. The van der Waals surface area contributed by atoms with Crippen LogP contribution >= 0.6 is 0 Å². The van der Waals surface area contributed by atoms with Crippen LogP contribution in [-0.4, -0.2) is 38.7 Å². The molecule has 1 amide bonds. The third kappa shape index (κ3) is 3.89. The molecular weight excluding hydrogens is 319 g/mol. The Morgan fingerprint density at radius 2 is 1.80 bits per heavy atom. The van der Waals surface area contributed by atoms with E-state index in [0.29, 0.717) is 11.5 Å². The Balaban J connectivity index is 1.31. The first-order chi connectivity index (χ1) is 12.2. The molecule has 0 unspecified atom stereocenters. The standard InChI is InChI=1S/C19H23FN4O/c20-17-5-3-16(4-6-17)19(25)23-9-7-14(8-10-23)11-18-22-21-13-24(18)12-15-1-2-15/h3-6,13-15H,1-2,7-12H2. The Labute approximate surface area is 146 Å². The Morgan fingerprint density at radius 1 is 1.08 bits per heavy atom. The third-order valence-electron chi connectivity index (χ3n) is 5.31. The fourth-order valence-electron chi connectivity index (χ4n) is 3.54. The van der Waals surface area contributed by atoms with Gasteiger partial charge in [-0.15, -0.1) is 10.2 Å². The smallest absolute Gasteiger partial charge is 0.253 e. The number of hydrogen-bond donors (Lipinski definition) is 0. The van der Waals surface area contributed by atoms with Gasteiger partial charge in [0.25, 0.3) is 5.91 Å². The highest BCUT2D eigenvalue weighted by atomic mass is 19.1. The van der Waals surface area contributed by atoms with Crippen molar-refractivity contribution < 1.29 is 9.18 Å². The fourth-order valence-corrected chi connectivity index (χ4v) is 3.54. The molecular formula is C19H23FN4O. The summed E-state index contributed by atoms with van der Waals surface area (Å²) < 4.78 is 15.2.